The molecule has 0 bridgehead atoms. The Kier molecular flexibility index (Phi) is 4.00. The summed E-state index contributed by atoms with van der Waals surface area (Å²) in [6.07, 6.45) is 0. The number of hydrogen-bond acceptors (Lipinski definition) is 4. The van der Waals surface area contributed by atoms with E-state index in [0.717, 1.165) is 10.1 Å². The number of nitrogens with zero attached hydrogens (tertiary/aromatic N) is 2. The van der Waals surface area contributed by atoms with Crippen LogP contribution in [-0.4, -0.2) is 15.5 Å². The normalized spacial score (nSPS) is 11.2. The van der Waals surface area contributed by atoms with Gasteiger partial charge in [0.15, 0.2) is 0 Å². The Hall–Kier alpha value is -3.06. The lowest BCUT2D eigenvalue weighted by molar-refractivity contribution is -0.116. The van der Waals surface area contributed by atoms with Crippen LogP contribution in [0.1, 0.15) is 5.82 Å². The van der Waals surface area contributed by atoms with E-state index in [9.17, 15) is 14.0 Å². The lowest BCUT2D eigenvalue weighted by Crippen LogP contribution is -2.29. The maximum Gasteiger partial charge on any atom is 0.272 e. The van der Waals surface area contributed by atoms with Crippen LogP contribution in [0.2, 0.25) is 0 Å². The Morgan fingerprint density at radius 2 is 2.04 bits per heavy atom. The number of hydrogen-bond donors (Lipinski definition) is 1. The number of aromatic nitrogens is 2. The lowest BCUT2D eigenvalue weighted by atomic mass is 10.2. The van der Waals surface area contributed by atoms with E-state index in [1.165, 1.54) is 34.1 Å². The van der Waals surface area contributed by atoms with E-state index in [1.807, 2.05) is 24.3 Å². The summed E-state index contributed by atoms with van der Waals surface area (Å²) < 4.78 is 16.1. The number of rotatable bonds is 3. The topological polar surface area (TPSA) is 64.0 Å². The molecule has 0 spiro atoms. The number of amides is 1. The summed E-state index contributed by atoms with van der Waals surface area (Å²) in [6.45, 7) is 1.51. The number of benzene rings is 2. The minimum absolute atomic E-state index is 0.182. The second-order valence-corrected chi connectivity index (χ2v) is 6.94. The van der Waals surface area contributed by atoms with Crippen LogP contribution in [0.5, 0.6) is 0 Å². The molecule has 1 amide bonds. The van der Waals surface area contributed by atoms with Crippen molar-refractivity contribution in [1.82, 2.24) is 9.55 Å². The van der Waals surface area contributed by atoms with Gasteiger partial charge in [0.1, 0.15) is 22.9 Å². The average molecular weight is 367 g/mol. The first-order valence-corrected chi connectivity index (χ1v) is 8.78. The number of thiophene rings is 1. The number of carbonyl (C=O) groups excluding carboxylic acids is 1. The smallest absolute Gasteiger partial charge is 0.272 e. The lowest BCUT2D eigenvalue weighted by Gasteiger charge is -2.10. The molecular weight excluding hydrogens is 353 g/mol. The molecule has 0 saturated carbocycles. The largest absolute Gasteiger partial charge is 0.324 e. The van der Waals surface area contributed by atoms with Crippen molar-refractivity contribution in [3.8, 4) is 0 Å². The van der Waals surface area contributed by atoms with Crippen molar-refractivity contribution in [2.24, 2.45) is 0 Å². The zero-order chi connectivity index (χ0) is 18.3. The third kappa shape index (κ3) is 2.86. The molecule has 130 valence electrons. The highest BCUT2D eigenvalue weighted by Crippen LogP contribution is 2.30. The van der Waals surface area contributed by atoms with Crippen LogP contribution in [0.25, 0.3) is 20.3 Å². The molecule has 0 radical (unpaired) electrons. The molecule has 1 N–H and O–H groups in total. The van der Waals surface area contributed by atoms with Crippen molar-refractivity contribution >= 4 is 43.2 Å². The molecule has 0 aliphatic carbocycles. The zero-order valence-electron chi connectivity index (χ0n) is 13.8. The highest BCUT2D eigenvalue weighted by atomic mass is 32.1. The number of carbonyl (C=O) groups is 1. The molecule has 5 nitrogen and oxygen atoms in total. The molecule has 2 heterocycles. The molecule has 4 rings (SSSR count). The Labute approximate surface area is 151 Å². The highest BCUT2D eigenvalue weighted by molar-refractivity contribution is 7.25. The van der Waals surface area contributed by atoms with Crippen LogP contribution in [-0.2, 0) is 11.3 Å². The molecule has 26 heavy (non-hydrogen) atoms. The van der Waals surface area contributed by atoms with E-state index < -0.39 is 11.7 Å². The molecule has 2 aromatic carbocycles. The second-order valence-electron chi connectivity index (χ2n) is 5.88. The summed E-state index contributed by atoms with van der Waals surface area (Å²) in [5.41, 5.74) is 0.759. The van der Waals surface area contributed by atoms with Crippen LogP contribution >= 0.6 is 11.3 Å². The van der Waals surface area contributed by atoms with E-state index in [2.05, 4.69) is 10.3 Å². The van der Waals surface area contributed by atoms with Gasteiger partial charge < -0.3 is 5.32 Å². The SMILES string of the molecule is Cc1nc2c(sc3ccccc32)c(=O)n1CC(=O)Nc1cccc(F)c1. The summed E-state index contributed by atoms with van der Waals surface area (Å²) in [5.74, 6) is -0.395. The minimum Gasteiger partial charge on any atom is -0.324 e. The monoisotopic (exact) mass is 367 g/mol. The third-order valence-corrected chi connectivity index (χ3v) is 5.23. The fraction of sp³-hybridized carbons (Fsp3) is 0.105. The van der Waals surface area contributed by atoms with Gasteiger partial charge in [-0.1, -0.05) is 24.3 Å². The number of anilines is 1. The van der Waals surface area contributed by atoms with Crippen LogP contribution in [0.3, 0.4) is 0 Å². The predicted molar refractivity (Wildman–Crippen MR) is 101 cm³/mol. The zero-order valence-corrected chi connectivity index (χ0v) is 14.6. The van der Waals surface area contributed by atoms with E-state index in [-0.39, 0.29) is 12.1 Å². The average Bonchev–Trinajstić information content (AvgIpc) is 2.97. The van der Waals surface area contributed by atoms with Gasteiger partial charge in [0.25, 0.3) is 5.56 Å². The third-order valence-electron chi connectivity index (χ3n) is 4.08. The summed E-state index contributed by atoms with van der Waals surface area (Å²) >= 11 is 1.37. The Balaban J connectivity index is 1.71. The molecule has 7 heteroatoms. The van der Waals surface area contributed by atoms with E-state index in [0.29, 0.717) is 21.7 Å². The quantitative estimate of drug-likeness (QED) is 0.601. The van der Waals surface area contributed by atoms with Gasteiger partial charge in [0.2, 0.25) is 5.91 Å². The van der Waals surface area contributed by atoms with E-state index >= 15 is 0 Å². The summed E-state index contributed by atoms with van der Waals surface area (Å²) in [5, 5.41) is 3.53. The first-order valence-electron chi connectivity index (χ1n) is 7.97. The van der Waals surface area contributed by atoms with E-state index in [1.54, 1.807) is 13.0 Å². The fourth-order valence-electron chi connectivity index (χ4n) is 2.88. The van der Waals surface area contributed by atoms with Crippen molar-refractivity contribution in [3.05, 3.63) is 70.5 Å². The highest BCUT2D eigenvalue weighted by Gasteiger charge is 2.15. The van der Waals surface area contributed by atoms with Crippen LogP contribution in [0, 0.1) is 12.7 Å². The minimum atomic E-state index is -0.440. The predicted octanol–water partition coefficient (Wildman–Crippen LogP) is 3.70. The van der Waals surface area contributed by atoms with Gasteiger partial charge in [-0.15, -0.1) is 11.3 Å². The van der Waals surface area contributed by atoms with Crippen LogP contribution < -0.4 is 10.9 Å². The molecular formula is C19H14FN3O2S. The van der Waals surface area contributed by atoms with Gasteiger partial charge >= 0.3 is 0 Å². The molecule has 4 aromatic rings. The van der Waals surface area contributed by atoms with Crippen LogP contribution in [0.15, 0.2) is 53.3 Å². The van der Waals surface area contributed by atoms with Crippen molar-refractivity contribution < 1.29 is 9.18 Å². The molecule has 0 aliphatic rings. The van der Waals surface area contributed by atoms with Gasteiger partial charge in [0.05, 0.1) is 5.52 Å². The van der Waals surface area contributed by atoms with Crippen molar-refractivity contribution in [1.29, 1.82) is 0 Å². The second kappa shape index (κ2) is 6.34. The number of aryl methyl sites for hydroxylation is 1. The molecule has 2 aromatic heterocycles. The van der Waals surface area contributed by atoms with E-state index in [4.69, 9.17) is 0 Å². The molecule has 0 aliphatic heterocycles. The molecule has 0 saturated heterocycles. The Bertz CT molecular complexity index is 1210. The fourth-order valence-corrected chi connectivity index (χ4v) is 3.97. The van der Waals surface area contributed by atoms with Crippen molar-refractivity contribution in [2.45, 2.75) is 13.5 Å². The molecule has 0 atom stereocenters. The summed E-state index contributed by atoms with van der Waals surface area (Å²) in [6, 6.07) is 13.3. The van der Waals surface area contributed by atoms with Gasteiger partial charge in [-0.25, -0.2) is 9.37 Å². The summed E-state index contributed by atoms with van der Waals surface area (Å²) in [7, 11) is 0. The van der Waals surface area contributed by atoms with Gasteiger partial charge in [-0.05, 0) is 31.2 Å². The number of nitrogens with one attached hydrogen (secondary N) is 1. The number of halogens is 1. The Morgan fingerprint density at radius 1 is 1.23 bits per heavy atom. The van der Waals surface area contributed by atoms with Gasteiger partial charge in [-0.2, -0.15) is 0 Å². The standard InChI is InChI=1S/C19H14FN3O2S/c1-11-21-17-14-7-2-3-8-15(14)26-18(17)19(25)23(11)10-16(24)22-13-6-4-5-12(20)9-13/h2-9H,10H2,1H3,(H,22,24). The first kappa shape index (κ1) is 16.4. The maximum atomic E-state index is 13.2. The van der Waals surface area contributed by atoms with Crippen molar-refractivity contribution in [3.63, 3.8) is 0 Å². The van der Waals surface area contributed by atoms with Crippen LogP contribution in [0.4, 0.5) is 10.1 Å². The van der Waals surface area contributed by atoms with Crippen molar-refractivity contribution in [2.75, 3.05) is 5.32 Å². The maximum absolute atomic E-state index is 13.2. The summed E-state index contributed by atoms with van der Waals surface area (Å²) in [4.78, 5) is 29.7. The molecule has 0 unspecified atom stereocenters. The number of fused-ring (bicyclic) bond motifs is 3. The first-order chi connectivity index (χ1) is 12.5. The van der Waals surface area contributed by atoms with Gasteiger partial charge in [-0.3, -0.25) is 14.2 Å². The van der Waals surface area contributed by atoms with Gasteiger partial charge in [0, 0.05) is 15.8 Å². The molecule has 0 fully saturated rings. The Morgan fingerprint density at radius 3 is 2.85 bits per heavy atom.